The Morgan fingerprint density at radius 2 is 1.91 bits per heavy atom. The van der Waals surface area contributed by atoms with Crippen molar-refractivity contribution >= 4 is 23.4 Å². The lowest BCUT2D eigenvalue weighted by atomic mass is 10.2. The molecule has 1 aromatic carbocycles. The summed E-state index contributed by atoms with van der Waals surface area (Å²) in [6.45, 7) is 2.81. The molecule has 0 aromatic heterocycles. The van der Waals surface area contributed by atoms with Gasteiger partial charge < -0.3 is 20.7 Å². The maximum Gasteiger partial charge on any atom is 0.407 e. The second kappa shape index (κ2) is 9.98. The molecule has 0 saturated carbocycles. The van der Waals surface area contributed by atoms with E-state index in [1.54, 1.807) is 25.1 Å². The van der Waals surface area contributed by atoms with Crippen LogP contribution in [-0.2, 0) is 9.53 Å². The van der Waals surface area contributed by atoms with Crippen molar-refractivity contribution in [1.29, 1.82) is 0 Å². The summed E-state index contributed by atoms with van der Waals surface area (Å²) in [4.78, 5) is 32.9. The maximum absolute atomic E-state index is 11.5. The predicted octanol–water partition coefficient (Wildman–Crippen LogP) is 1.26. The fourth-order valence-corrected chi connectivity index (χ4v) is 1.73. The van der Waals surface area contributed by atoms with Crippen LogP contribution in [0.2, 0.25) is 0 Å². The molecule has 3 N–H and O–H groups in total. The van der Waals surface area contributed by atoms with Crippen LogP contribution in [0.25, 0.3) is 0 Å². The molecule has 23 heavy (non-hydrogen) atoms. The van der Waals surface area contributed by atoms with Gasteiger partial charge in [0.05, 0.1) is 11.5 Å². The van der Waals surface area contributed by atoms with Crippen molar-refractivity contribution in [3.8, 4) is 0 Å². The van der Waals surface area contributed by atoms with Gasteiger partial charge in [-0.1, -0.05) is 12.1 Å². The molecule has 1 aromatic rings. The molecule has 0 radical (unpaired) electrons. The minimum Gasteiger partial charge on any atom is -0.450 e. The van der Waals surface area contributed by atoms with Crippen LogP contribution in [-0.4, -0.2) is 43.2 Å². The molecular formula is C14H20N4O5. The molecule has 0 aliphatic heterocycles. The lowest BCUT2D eigenvalue weighted by Gasteiger charge is -2.09. The molecule has 0 aliphatic rings. The van der Waals surface area contributed by atoms with E-state index in [9.17, 15) is 19.7 Å². The number of para-hydroxylation sites is 2. The zero-order valence-electron chi connectivity index (χ0n) is 12.8. The quantitative estimate of drug-likeness (QED) is 0.357. The van der Waals surface area contributed by atoms with E-state index in [1.165, 1.54) is 6.07 Å². The van der Waals surface area contributed by atoms with E-state index in [-0.39, 0.29) is 31.2 Å². The number of hydrogen-bond donors (Lipinski definition) is 3. The molecule has 126 valence electrons. The first kappa shape index (κ1) is 18.2. The average Bonchev–Trinajstić information content (AvgIpc) is 2.52. The fraction of sp³-hybridized carbons (Fsp3) is 0.429. The molecule has 0 aliphatic carbocycles. The molecule has 9 heteroatoms. The topological polar surface area (TPSA) is 123 Å². The van der Waals surface area contributed by atoms with Crippen LogP contribution in [0, 0.1) is 10.1 Å². The largest absolute Gasteiger partial charge is 0.450 e. The highest BCUT2D eigenvalue weighted by Crippen LogP contribution is 2.22. The van der Waals surface area contributed by atoms with Crippen molar-refractivity contribution in [1.82, 2.24) is 10.6 Å². The van der Waals surface area contributed by atoms with Crippen molar-refractivity contribution in [3.05, 3.63) is 34.4 Å². The van der Waals surface area contributed by atoms with E-state index in [4.69, 9.17) is 0 Å². The van der Waals surface area contributed by atoms with E-state index >= 15 is 0 Å². The van der Waals surface area contributed by atoms with Crippen molar-refractivity contribution in [2.24, 2.45) is 0 Å². The number of carbonyl (C=O) groups excluding carboxylic acids is 2. The molecular weight excluding hydrogens is 304 g/mol. The minimum atomic E-state index is -0.557. The lowest BCUT2D eigenvalue weighted by Crippen LogP contribution is -2.33. The van der Waals surface area contributed by atoms with Gasteiger partial charge in [-0.2, -0.15) is 0 Å². The zero-order chi connectivity index (χ0) is 17.1. The lowest BCUT2D eigenvalue weighted by molar-refractivity contribution is -0.384. The van der Waals surface area contributed by atoms with Gasteiger partial charge in [-0.25, -0.2) is 4.79 Å². The van der Waals surface area contributed by atoms with Gasteiger partial charge in [0.15, 0.2) is 0 Å². The number of alkyl carbamates (subject to hydrolysis) is 1. The Morgan fingerprint density at radius 3 is 2.61 bits per heavy atom. The highest BCUT2D eigenvalue weighted by Gasteiger charge is 2.11. The number of benzene rings is 1. The van der Waals surface area contributed by atoms with Gasteiger partial charge >= 0.3 is 6.09 Å². The molecule has 0 atom stereocenters. The third kappa shape index (κ3) is 7.11. The molecule has 0 spiro atoms. The first-order valence-electron chi connectivity index (χ1n) is 7.19. The van der Waals surface area contributed by atoms with Crippen LogP contribution >= 0.6 is 0 Å². The second-order valence-corrected chi connectivity index (χ2v) is 4.45. The molecule has 1 rings (SSSR count). The standard InChI is InChI=1S/C14H20N4O5/c1-2-23-14(20)17-8-7-13(19)16-10-9-15-11-5-3-4-6-12(11)18(21)22/h3-6,15H,2,7-10H2,1H3,(H,16,19)(H,17,20). The summed E-state index contributed by atoms with van der Waals surface area (Å²) in [6.07, 6.45) is -0.428. The monoisotopic (exact) mass is 324 g/mol. The summed E-state index contributed by atoms with van der Waals surface area (Å²) in [7, 11) is 0. The summed E-state index contributed by atoms with van der Waals surface area (Å²) in [5.74, 6) is -0.230. The van der Waals surface area contributed by atoms with Gasteiger partial charge in [0, 0.05) is 32.1 Å². The van der Waals surface area contributed by atoms with Crippen LogP contribution in [0.3, 0.4) is 0 Å². The maximum atomic E-state index is 11.5. The van der Waals surface area contributed by atoms with Crippen molar-refractivity contribution < 1.29 is 19.2 Å². The molecule has 0 saturated heterocycles. The van der Waals surface area contributed by atoms with Gasteiger partial charge in [-0.05, 0) is 13.0 Å². The van der Waals surface area contributed by atoms with Crippen molar-refractivity contribution in [2.75, 3.05) is 31.6 Å². The molecule has 2 amide bonds. The highest BCUT2D eigenvalue weighted by atomic mass is 16.6. The number of nitrogens with zero attached hydrogens (tertiary/aromatic N) is 1. The van der Waals surface area contributed by atoms with Gasteiger partial charge in [0.1, 0.15) is 5.69 Å². The Bertz CT molecular complexity index is 550. The van der Waals surface area contributed by atoms with Gasteiger partial charge in [-0.3, -0.25) is 14.9 Å². The van der Waals surface area contributed by atoms with E-state index in [0.717, 1.165) is 0 Å². The third-order valence-electron chi connectivity index (χ3n) is 2.76. The smallest absolute Gasteiger partial charge is 0.407 e. The number of hydrogen-bond acceptors (Lipinski definition) is 6. The number of carbonyl (C=O) groups is 2. The van der Waals surface area contributed by atoms with Crippen molar-refractivity contribution in [3.63, 3.8) is 0 Å². The van der Waals surface area contributed by atoms with Crippen molar-refractivity contribution in [2.45, 2.75) is 13.3 Å². The van der Waals surface area contributed by atoms with Crippen LogP contribution in [0.1, 0.15) is 13.3 Å². The van der Waals surface area contributed by atoms with Gasteiger partial charge in [-0.15, -0.1) is 0 Å². The first-order chi connectivity index (χ1) is 11.0. The number of anilines is 1. The van der Waals surface area contributed by atoms with E-state index in [1.807, 2.05) is 0 Å². The predicted molar refractivity (Wildman–Crippen MR) is 84.2 cm³/mol. The molecule has 0 unspecified atom stereocenters. The summed E-state index contributed by atoms with van der Waals surface area (Å²) < 4.78 is 4.65. The summed E-state index contributed by atoms with van der Waals surface area (Å²) in [5, 5.41) is 18.8. The summed E-state index contributed by atoms with van der Waals surface area (Å²) in [6, 6.07) is 6.28. The van der Waals surface area contributed by atoms with Gasteiger partial charge in [0.2, 0.25) is 5.91 Å². The fourth-order valence-electron chi connectivity index (χ4n) is 1.73. The number of ether oxygens (including phenoxy) is 1. The minimum absolute atomic E-state index is 0.0162. The molecule has 9 nitrogen and oxygen atoms in total. The molecule has 0 fully saturated rings. The summed E-state index contributed by atoms with van der Waals surface area (Å²) >= 11 is 0. The van der Waals surface area contributed by atoms with Crippen LogP contribution < -0.4 is 16.0 Å². The Hall–Kier alpha value is -2.84. The first-order valence-corrected chi connectivity index (χ1v) is 7.19. The van der Waals surface area contributed by atoms with Gasteiger partial charge in [0.25, 0.3) is 5.69 Å². The molecule has 0 heterocycles. The van der Waals surface area contributed by atoms with E-state index in [2.05, 4.69) is 20.7 Å². The number of nitrogens with one attached hydrogen (secondary N) is 3. The zero-order valence-corrected chi connectivity index (χ0v) is 12.8. The summed E-state index contributed by atoms with van der Waals surface area (Å²) in [5.41, 5.74) is 0.383. The third-order valence-corrected chi connectivity index (χ3v) is 2.76. The Balaban J connectivity index is 2.21. The normalized spacial score (nSPS) is 9.78. The Labute approximate surface area is 133 Å². The molecule has 0 bridgehead atoms. The highest BCUT2D eigenvalue weighted by molar-refractivity contribution is 5.77. The Morgan fingerprint density at radius 1 is 1.17 bits per heavy atom. The van der Waals surface area contributed by atoms with E-state index < -0.39 is 11.0 Å². The second-order valence-electron chi connectivity index (χ2n) is 4.45. The van der Waals surface area contributed by atoms with Crippen LogP contribution in [0.15, 0.2) is 24.3 Å². The number of amides is 2. The number of nitro groups is 1. The van der Waals surface area contributed by atoms with Crippen LogP contribution in [0.5, 0.6) is 0 Å². The number of nitro benzene ring substituents is 1. The van der Waals surface area contributed by atoms with E-state index in [0.29, 0.717) is 18.8 Å². The number of rotatable bonds is 9. The van der Waals surface area contributed by atoms with Crippen LogP contribution in [0.4, 0.5) is 16.2 Å². The SMILES string of the molecule is CCOC(=O)NCCC(=O)NCCNc1ccccc1[N+](=O)[O-]. The average molecular weight is 324 g/mol. The Kier molecular flexibility index (Phi) is 7.90.